The SMILES string of the molecule is COc1cc(NC2CCCOC2)cc([N+](=O)[O-])c1. The molecule has 1 atom stereocenters. The summed E-state index contributed by atoms with van der Waals surface area (Å²) in [5.74, 6) is 0.475. The van der Waals surface area contributed by atoms with Crippen LogP contribution >= 0.6 is 0 Å². The number of methoxy groups -OCH3 is 1. The summed E-state index contributed by atoms with van der Waals surface area (Å²) in [6, 6.07) is 4.87. The molecule has 98 valence electrons. The second-order valence-corrected chi connectivity index (χ2v) is 4.24. The summed E-state index contributed by atoms with van der Waals surface area (Å²) in [5, 5.41) is 14.1. The van der Waals surface area contributed by atoms with Gasteiger partial charge in [0.15, 0.2) is 0 Å². The van der Waals surface area contributed by atoms with E-state index in [9.17, 15) is 10.1 Å². The van der Waals surface area contributed by atoms with Crippen molar-refractivity contribution in [2.45, 2.75) is 18.9 Å². The summed E-state index contributed by atoms with van der Waals surface area (Å²) in [6.07, 6.45) is 2.01. The molecule has 0 bridgehead atoms. The zero-order valence-electron chi connectivity index (χ0n) is 10.2. The van der Waals surface area contributed by atoms with Crippen molar-refractivity contribution >= 4 is 11.4 Å². The third-order valence-electron chi connectivity index (χ3n) is 2.87. The fourth-order valence-corrected chi connectivity index (χ4v) is 1.98. The van der Waals surface area contributed by atoms with Crippen LogP contribution in [0.15, 0.2) is 18.2 Å². The fraction of sp³-hybridized carbons (Fsp3) is 0.500. The van der Waals surface area contributed by atoms with Crippen molar-refractivity contribution in [3.05, 3.63) is 28.3 Å². The molecule has 1 aliphatic heterocycles. The number of non-ortho nitro benzene ring substituents is 1. The Hall–Kier alpha value is -1.82. The summed E-state index contributed by atoms with van der Waals surface area (Å²) in [4.78, 5) is 10.4. The molecule has 0 aliphatic carbocycles. The van der Waals surface area contributed by atoms with Gasteiger partial charge in [-0.15, -0.1) is 0 Å². The van der Waals surface area contributed by atoms with Gasteiger partial charge in [-0.05, 0) is 12.8 Å². The van der Waals surface area contributed by atoms with E-state index >= 15 is 0 Å². The number of nitro benzene ring substituents is 1. The van der Waals surface area contributed by atoms with Gasteiger partial charge in [-0.3, -0.25) is 10.1 Å². The standard InChI is InChI=1S/C12H16N2O4/c1-17-12-6-10(5-11(7-12)14(15)16)13-9-3-2-4-18-8-9/h5-7,9,13H,2-4,8H2,1H3. The first-order chi connectivity index (χ1) is 8.69. The van der Waals surface area contributed by atoms with E-state index < -0.39 is 4.92 Å². The fourth-order valence-electron chi connectivity index (χ4n) is 1.98. The molecule has 0 amide bonds. The maximum absolute atomic E-state index is 10.8. The van der Waals surface area contributed by atoms with Crippen LogP contribution in [-0.2, 0) is 4.74 Å². The van der Waals surface area contributed by atoms with Crippen molar-refractivity contribution in [3.63, 3.8) is 0 Å². The molecule has 1 aliphatic rings. The molecule has 1 aromatic carbocycles. The molecule has 1 saturated heterocycles. The van der Waals surface area contributed by atoms with Crippen molar-refractivity contribution in [2.24, 2.45) is 0 Å². The molecule has 1 aromatic rings. The highest BCUT2D eigenvalue weighted by molar-refractivity contribution is 5.56. The normalized spacial score (nSPS) is 19.3. The van der Waals surface area contributed by atoms with Gasteiger partial charge in [-0.1, -0.05) is 0 Å². The second kappa shape index (κ2) is 5.68. The molecule has 0 saturated carbocycles. The highest BCUT2D eigenvalue weighted by Gasteiger charge is 2.16. The lowest BCUT2D eigenvalue weighted by atomic mass is 10.1. The lowest BCUT2D eigenvalue weighted by Gasteiger charge is -2.24. The molecular weight excluding hydrogens is 236 g/mol. The minimum atomic E-state index is -0.426. The zero-order valence-corrected chi connectivity index (χ0v) is 10.2. The van der Waals surface area contributed by atoms with Crippen LogP contribution in [0.25, 0.3) is 0 Å². The van der Waals surface area contributed by atoms with Crippen molar-refractivity contribution in [3.8, 4) is 5.75 Å². The summed E-state index contributed by atoms with van der Waals surface area (Å²) >= 11 is 0. The average molecular weight is 252 g/mol. The van der Waals surface area contributed by atoms with Crippen molar-refractivity contribution in [1.82, 2.24) is 0 Å². The van der Waals surface area contributed by atoms with Crippen LogP contribution in [0.5, 0.6) is 5.75 Å². The Kier molecular flexibility index (Phi) is 3.99. The van der Waals surface area contributed by atoms with E-state index in [1.165, 1.54) is 19.2 Å². The van der Waals surface area contributed by atoms with Gasteiger partial charge in [-0.25, -0.2) is 0 Å². The van der Waals surface area contributed by atoms with Gasteiger partial charge in [-0.2, -0.15) is 0 Å². The quantitative estimate of drug-likeness (QED) is 0.656. The Morgan fingerprint density at radius 1 is 1.50 bits per heavy atom. The first-order valence-corrected chi connectivity index (χ1v) is 5.87. The molecule has 0 radical (unpaired) electrons. The maximum atomic E-state index is 10.8. The zero-order chi connectivity index (χ0) is 13.0. The van der Waals surface area contributed by atoms with Gasteiger partial charge in [0.1, 0.15) is 5.75 Å². The molecule has 1 unspecified atom stereocenters. The highest BCUT2D eigenvalue weighted by atomic mass is 16.6. The summed E-state index contributed by atoms with van der Waals surface area (Å²) in [7, 11) is 1.49. The Morgan fingerprint density at radius 3 is 2.94 bits per heavy atom. The smallest absolute Gasteiger partial charge is 0.275 e. The van der Waals surface area contributed by atoms with E-state index in [1.807, 2.05) is 0 Å². The molecule has 2 rings (SSSR count). The van der Waals surface area contributed by atoms with E-state index in [2.05, 4.69) is 5.32 Å². The van der Waals surface area contributed by atoms with Gasteiger partial charge >= 0.3 is 0 Å². The molecule has 1 N–H and O–H groups in total. The van der Waals surface area contributed by atoms with Crippen LogP contribution < -0.4 is 10.1 Å². The van der Waals surface area contributed by atoms with Crippen molar-refractivity contribution in [1.29, 1.82) is 0 Å². The lowest BCUT2D eigenvalue weighted by Crippen LogP contribution is -2.29. The molecule has 1 heterocycles. The lowest BCUT2D eigenvalue weighted by molar-refractivity contribution is -0.384. The van der Waals surface area contributed by atoms with Gasteiger partial charge in [0.2, 0.25) is 0 Å². The van der Waals surface area contributed by atoms with E-state index in [0.29, 0.717) is 18.0 Å². The van der Waals surface area contributed by atoms with Gasteiger partial charge in [0.05, 0.1) is 24.7 Å². The number of hydrogen-bond donors (Lipinski definition) is 1. The number of nitrogens with one attached hydrogen (secondary N) is 1. The minimum absolute atomic E-state index is 0.0218. The third kappa shape index (κ3) is 3.10. The number of ether oxygens (including phenoxy) is 2. The maximum Gasteiger partial charge on any atom is 0.275 e. The molecule has 1 fully saturated rings. The average Bonchev–Trinajstić information content (AvgIpc) is 2.39. The number of anilines is 1. The topological polar surface area (TPSA) is 73.6 Å². The van der Waals surface area contributed by atoms with Crippen molar-refractivity contribution < 1.29 is 14.4 Å². The monoisotopic (exact) mass is 252 g/mol. The Balaban J connectivity index is 2.15. The summed E-state index contributed by atoms with van der Waals surface area (Å²) in [6.45, 7) is 1.42. The number of hydrogen-bond acceptors (Lipinski definition) is 5. The Bertz CT molecular complexity index is 430. The van der Waals surface area contributed by atoms with Crippen LogP contribution in [-0.4, -0.2) is 31.3 Å². The first-order valence-electron chi connectivity index (χ1n) is 5.87. The van der Waals surface area contributed by atoms with E-state index in [1.54, 1.807) is 6.07 Å². The molecule has 0 spiro atoms. The number of benzene rings is 1. The van der Waals surface area contributed by atoms with Crippen LogP contribution in [0.2, 0.25) is 0 Å². The number of rotatable bonds is 4. The van der Waals surface area contributed by atoms with Crippen molar-refractivity contribution in [2.75, 3.05) is 25.6 Å². The molecule has 0 aromatic heterocycles. The number of nitrogens with zero attached hydrogens (tertiary/aromatic N) is 1. The summed E-state index contributed by atoms with van der Waals surface area (Å²) in [5.41, 5.74) is 0.713. The van der Waals surface area contributed by atoms with Gasteiger partial charge in [0.25, 0.3) is 5.69 Å². The predicted molar refractivity (Wildman–Crippen MR) is 67.1 cm³/mol. The molecular formula is C12H16N2O4. The number of nitro groups is 1. The van der Waals surface area contributed by atoms with Crippen LogP contribution in [0.1, 0.15) is 12.8 Å². The summed E-state index contributed by atoms with van der Waals surface area (Å²) < 4.78 is 10.4. The second-order valence-electron chi connectivity index (χ2n) is 4.24. The van der Waals surface area contributed by atoms with Gasteiger partial charge < -0.3 is 14.8 Å². The van der Waals surface area contributed by atoms with E-state index in [0.717, 1.165) is 19.4 Å². The minimum Gasteiger partial charge on any atom is -0.496 e. The molecule has 6 heteroatoms. The highest BCUT2D eigenvalue weighted by Crippen LogP contribution is 2.27. The predicted octanol–water partition coefficient (Wildman–Crippen LogP) is 2.19. The van der Waals surface area contributed by atoms with Crippen LogP contribution in [0.3, 0.4) is 0 Å². The van der Waals surface area contributed by atoms with E-state index in [-0.39, 0.29) is 11.7 Å². The largest absolute Gasteiger partial charge is 0.496 e. The first kappa shape index (κ1) is 12.6. The van der Waals surface area contributed by atoms with Gasteiger partial charge in [0, 0.05) is 30.5 Å². The Labute approximate surface area is 105 Å². The molecule has 18 heavy (non-hydrogen) atoms. The van der Waals surface area contributed by atoms with Crippen LogP contribution in [0.4, 0.5) is 11.4 Å². The Morgan fingerprint density at radius 2 is 2.33 bits per heavy atom. The molecule has 6 nitrogen and oxygen atoms in total. The van der Waals surface area contributed by atoms with Crippen LogP contribution in [0, 0.1) is 10.1 Å². The van der Waals surface area contributed by atoms with E-state index in [4.69, 9.17) is 9.47 Å². The third-order valence-corrected chi connectivity index (χ3v) is 2.87.